The van der Waals surface area contributed by atoms with Gasteiger partial charge in [-0.15, -0.1) is 0 Å². The Morgan fingerprint density at radius 2 is 1.07 bits per heavy atom. The van der Waals surface area contributed by atoms with E-state index in [4.69, 9.17) is 28.4 Å². The van der Waals surface area contributed by atoms with Gasteiger partial charge in [-0.05, 0) is 35.9 Å². The number of hydrogen-bond donors (Lipinski definition) is 15. The number of phenols is 12. The van der Waals surface area contributed by atoms with Gasteiger partial charge in [0.05, 0.1) is 28.7 Å². The largest absolute Gasteiger partial charge is 0.507 e. The molecule has 9 atom stereocenters. The van der Waals surface area contributed by atoms with Crippen molar-refractivity contribution < 1.29 is 129 Å². The van der Waals surface area contributed by atoms with Gasteiger partial charge in [-0.25, -0.2) is 14.4 Å². The fourth-order valence-corrected chi connectivity index (χ4v) is 10.7. The number of cyclic esters (lactones) is 2. The van der Waals surface area contributed by atoms with Crippen molar-refractivity contribution in [3.8, 4) is 91.6 Å². The first kappa shape index (κ1) is 46.7. The van der Waals surface area contributed by atoms with E-state index in [9.17, 15) is 95.8 Å². The summed E-state index contributed by atoms with van der Waals surface area (Å²) >= 11 is 0. The van der Waals surface area contributed by atoms with Gasteiger partial charge in [0.15, 0.2) is 70.1 Å². The number of rotatable bonds is 2. The second-order valence-corrected chi connectivity index (χ2v) is 17.9. The van der Waals surface area contributed by atoms with Crippen LogP contribution in [0.1, 0.15) is 65.3 Å². The molecule has 4 bridgehead atoms. The van der Waals surface area contributed by atoms with Crippen molar-refractivity contribution in [3.05, 3.63) is 87.2 Å². The van der Waals surface area contributed by atoms with Gasteiger partial charge in [0, 0.05) is 45.9 Å². The highest BCUT2D eigenvalue weighted by atomic mass is 16.6. The van der Waals surface area contributed by atoms with E-state index in [-0.39, 0.29) is 16.7 Å². The average Bonchev–Trinajstić information content (AvgIpc) is 3.90. The minimum absolute atomic E-state index is 0.0112. The number of carbonyl (C=O) groups excluding carboxylic acids is 5. The number of fused-ring (bicyclic) bond motifs is 9. The van der Waals surface area contributed by atoms with E-state index in [1.807, 2.05) is 0 Å². The summed E-state index contributed by atoms with van der Waals surface area (Å²) in [7, 11) is 0. The van der Waals surface area contributed by atoms with E-state index in [1.54, 1.807) is 0 Å². The Morgan fingerprint density at radius 1 is 0.514 bits per heavy atom. The van der Waals surface area contributed by atoms with Crippen LogP contribution < -0.4 is 9.47 Å². The third kappa shape index (κ3) is 6.14. The van der Waals surface area contributed by atoms with Crippen LogP contribution in [-0.2, 0) is 35.0 Å². The van der Waals surface area contributed by atoms with Gasteiger partial charge in [-0.2, -0.15) is 0 Å². The van der Waals surface area contributed by atoms with Crippen LogP contribution in [0.2, 0.25) is 0 Å². The minimum atomic E-state index is -2.94. The fourth-order valence-electron chi connectivity index (χ4n) is 10.7. The van der Waals surface area contributed by atoms with E-state index in [2.05, 4.69) is 0 Å². The van der Waals surface area contributed by atoms with Gasteiger partial charge < -0.3 is 105 Å². The van der Waals surface area contributed by atoms with Crippen LogP contribution in [0.15, 0.2) is 48.2 Å². The van der Waals surface area contributed by atoms with Crippen molar-refractivity contribution in [1.29, 1.82) is 0 Å². The Labute approximate surface area is 409 Å². The maximum Gasteiger partial charge on any atom is 0.339 e. The predicted octanol–water partition coefficient (Wildman–Crippen LogP) is 1.46. The van der Waals surface area contributed by atoms with Gasteiger partial charge >= 0.3 is 23.9 Å². The first-order valence-electron chi connectivity index (χ1n) is 21.7. The number of phenolic OH excluding ortho intramolecular Hbond substituents is 12. The van der Waals surface area contributed by atoms with Crippen LogP contribution in [0.25, 0.3) is 16.7 Å². The molecule has 26 heteroatoms. The number of aliphatic hydroxyl groups excluding tert-OH is 3. The van der Waals surface area contributed by atoms with E-state index in [0.717, 1.165) is 18.2 Å². The molecule has 1 spiro atoms. The molecule has 0 radical (unpaired) electrons. The highest BCUT2D eigenvalue weighted by Gasteiger charge is 2.76. The summed E-state index contributed by atoms with van der Waals surface area (Å²) < 4.78 is 35.8. The molecule has 382 valence electrons. The molecule has 15 N–H and O–H groups in total. The number of benzene rings is 5. The number of aromatic hydroxyl groups is 12. The van der Waals surface area contributed by atoms with Crippen molar-refractivity contribution in [2.24, 2.45) is 5.92 Å². The van der Waals surface area contributed by atoms with Crippen LogP contribution in [0.3, 0.4) is 0 Å². The van der Waals surface area contributed by atoms with E-state index >= 15 is 4.79 Å². The molecule has 26 nitrogen and oxygen atoms in total. The lowest BCUT2D eigenvalue weighted by Gasteiger charge is -2.47. The number of ether oxygens (including phenoxy) is 6. The van der Waals surface area contributed by atoms with Crippen LogP contribution in [0.5, 0.6) is 80.5 Å². The van der Waals surface area contributed by atoms with Gasteiger partial charge in [-0.1, -0.05) is 6.07 Å². The smallest absolute Gasteiger partial charge is 0.339 e. The van der Waals surface area contributed by atoms with Crippen molar-refractivity contribution in [2.75, 3.05) is 6.61 Å². The minimum Gasteiger partial charge on any atom is -0.507 e. The Hall–Kier alpha value is -9.69. The lowest BCUT2D eigenvalue weighted by molar-refractivity contribution is -0.200. The van der Waals surface area contributed by atoms with E-state index in [1.165, 1.54) is 6.07 Å². The SMILES string of the molecule is O=C1O[C@@H]([C@@H]2OC(=O)c3cc(O)c(O)c(O)c3-c3c(cc(O)c(O)c3O)C(=O)OC[C@H]2O)[C@H]2OC(=O)[C@H]3C(=C(O)C(=O)[C@]34Oc3cc(O)c5c(c3C24)O[C@H](c2ccc(O)c(O)c2)[C@H](O)C5)c2c1cc(O)c(O)c2O. The molecule has 1 aliphatic carbocycles. The molecule has 6 heterocycles. The molecule has 0 saturated carbocycles. The van der Waals surface area contributed by atoms with E-state index in [0.29, 0.717) is 18.2 Å². The molecule has 6 aliphatic heterocycles. The number of Topliss-reactive ketones (excluding diaryl/α,β-unsaturated/α-hetero) is 1. The topological polar surface area (TPSA) is 444 Å². The number of ketones is 1. The summed E-state index contributed by atoms with van der Waals surface area (Å²) in [5, 5.41) is 165. The standard InChI is InChI=1S/C48H34O26/c49-15-2-1-10(3-17(15)51)38-21(55)4-11-16(50)8-23-27(39(11)70-38)29-41-42(73-46(67)14-7-20(54)33(59)36(62)26(14)28-30(47(68)72-41)48(29,74-23)43(64)37(28)63)40-22(56)9-69-44(65)12-5-18(52)31(57)34(60)24(12)25-13(45(66)71-40)6-19(53)32(58)35(25)61/h1-3,5-8,21-22,29-30,38,40-42,49-63H,4,9H2/t21-,22-,29?,30-,38-,40-,41+,42+,48-/m1/s1. The van der Waals surface area contributed by atoms with Gasteiger partial charge in [0.2, 0.25) is 28.6 Å². The molecular weight excluding hydrogens is 993 g/mol. The molecule has 0 amide bonds. The van der Waals surface area contributed by atoms with Crippen molar-refractivity contribution in [1.82, 2.24) is 0 Å². The summed E-state index contributed by atoms with van der Waals surface area (Å²) in [5.74, 6) is -29.2. The van der Waals surface area contributed by atoms with Gasteiger partial charge in [-0.3, -0.25) is 9.59 Å². The Bertz CT molecular complexity index is 3490. The first-order valence-corrected chi connectivity index (χ1v) is 21.7. The summed E-state index contributed by atoms with van der Waals surface area (Å²) in [5.41, 5.74) is -10.8. The van der Waals surface area contributed by atoms with Crippen molar-refractivity contribution in [2.45, 2.75) is 54.6 Å². The maximum absolute atomic E-state index is 15.1. The summed E-state index contributed by atoms with van der Waals surface area (Å²) in [6.45, 7) is -1.37. The highest BCUT2D eigenvalue weighted by molar-refractivity contribution is 6.21. The molecule has 0 aromatic heterocycles. The Balaban J connectivity index is 1.17. The second kappa shape index (κ2) is 15.7. The first-order chi connectivity index (χ1) is 35.0. The highest BCUT2D eigenvalue weighted by Crippen LogP contribution is 2.67. The molecule has 1 saturated heterocycles. The van der Waals surface area contributed by atoms with Crippen molar-refractivity contribution in [3.63, 3.8) is 0 Å². The zero-order valence-corrected chi connectivity index (χ0v) is 36.8. The maximum atomic E-state index is 15.1. The average molecular weight is 1030 g/mol. The van der Waals surface area contributed by atoms with Gasteiger partial charge in [0.25, 0.3) is 0 Å². The molecule has 74 heavy (non-hydrogen) atoms. The van der Waals surface area contributed by atoms with Crippen LogP contribution in [0, 0.1) is 5.92 Å². The molecule has 5 aromatic rings. The lowest BCUT2D eigenvalue weighted by atomic mass is 9.66. The van der Waals surface area contributed by atoms with Gasteiger partial charge in [0.1, 0.15) is 42.0 Å². The third-order valence-corrected chi connectivity index (χ3v) is 13.9. The van der Waals surface area contributed by atoms with Crippen LogP contribution in [0.4, 0.5) is 0 Å². The normalized spacial score (nSPS) is 26.5. The molecule has 1 unspecified atom stereocenters. The van der Waals surface area contributed by atoms with Crippen molar-refractivity contribution >= 4 is 35.2 Å². The summed E-state index contributed by atoms with van der Waals surface area (Å²) in [6, 6.07) is 5.61. The molecular formula is C48H34O26. The Kier molecular flexibility index (Phi) is 9.87. The zero-order chi connectivity index (χ0) is 53.0. The molecule has 12 rings (SSSR count). The summed E-state index contributed by atoms with van der Waals surface area (Å²) in [6.07, 6.45) is -13.8. The third-order valence-electron chi connectivity index (χ3n) is 13.9. The molecule has 1 fully saturated rings. The quantitative estimate of drug-likeness (QED) is 0.0676. The monoisotopic (exact) mass is 1030 g/mol. The predicted molar refractivity (Wildman–Crippen MR) is 233 cm³/mol. The number of esters is 4. The van der Waals surface area contributed by atoms with Crippen LogP contribution >= 0.6 is 0 Å². The fraction of sp³-hybridized carbons (Fsp3) is 0.229. The van der Waals surface area contributed by atoms with E-state index < -0.39 is 222 Å². The molecule has 7 aliphatic rings. The second-order valence-electron chi connectivity index (χ2n) is 17.9. The number of hydrogen-bond acceptors (Lipinski definition) is 26. The summed E-state index contributed by atoms with van der Waals surface area (Å²) in [4.78, 5) is 73.5. The Morgan fingerprint density at radius 3 is 1.66 bits per heavy atom. The number of carbonyl (C=O) groups is 5. The number of aliphatic hydroxyl groups is 3. The molecule has 5 aromatic carbocycles. The lowest BCUT2D eigenvalue weighted by Crippen LogP contribution is -2.65. The van der Waals surface area contributed by atoms with Crippen LogP contribution in [-0.4, -0.2) is 149 Å². The zero-order valence-electron chi connectivity index (χ0n) is 36.8.